The molecule has 3 N–H and O–H groups in total. The highest BCUT2D eigenvalue weighted by Gasteiger charge is 2.24. The molecule has 1 fully saturated rings. The second-order valence-electron chi connectivity index (χ2n) is 5.58. The molecule has 0 unspecified atom stereocenters. The molecule has 0 bridgehead atoms. The standard InChI is InChI=1S/C15H19ClN2O6S/c1-9(14(17)19)24-15(20)10-4-5-12(16)13(7-10)25(21,22)18-8-11-3-2-6-23-11/h4-5,7,9,11,18H,2-3,6,8H2,1H3,(H2,17,19)/t9-,11-/m0/s1. The number of primary amides is 1. The molecule has 2 atom stereocenters. The van der Waals surface area contributed by atoms with Gasteiger partial charge in [-0.3, -0.25) is 4.79 Å². The Labute approximate surface area is 150 Å². The number of esters is 1. The van der Waals surface area contributed by atoms with Crippen LogP contribution in [0.3, 0.4) is 0 Å². The van der Waals surface area contributed by atoms with Crippen LogP contribution in [0.5, 0.6) is 0 Å². The number of hydrogen-bond acceptors (Lipinski definition) is 6. The summed E-state index contributed by atoms with van der Waals surface area (Å²) in [5.41, 5.74) is 4.97. The van der Waals surface area contributed by atoms with Crippen molar-refractivity contribution >= 4 is 33.5 Å². The Balaban J connectivity index is 2.16. The van der Waals surface area contributed by atoms with E-state index in [0.717, 1.165) is 18.9 Å². The van der Waals surface area contributed by atoms with Crippen LogP contribution in [0.25, 0.3) is 0 Å². The number of nitrogens with one attached hydrogen (secondary N) is 1. The molecule has 1 heterocycles. The van der Waals surface area contributed by atoms with Gasteiger partial charge in [0.2, 0.25) is 10.0 Å². The van der Waals surface area contributed by atoms with Crippen molar-refractivity contribution in [2.75, 3.05) is 13.2 Å². The highest BCUT2D eigenvalue weighted by molar-refractivity contribution is 7.89. The van der Waals surface area contributed by atoms with Gasteiger partial charge in [-0.05, 0) is 38.0 Å². The van der Waals surface area contributed by atoms with Crippen molar-refractivity contribution in [1.29, 1.82) is 0 Å². The Hall–Kier alpha value is -1.68. The first-order chi connectivity index (χ1) is 11.7. The van der Waals surface area contributed by atoms with Crippen LogP contribution in [0.4, 0.5) is 0 Å². The van der Waals surface area contributed by atoms with Crippen molar-refractivity contribution < 1.29 is 27.5 Å². The molecule has 1 aliphatic rings. The van der Waals surface area contributed by atoms with E-state index < -0.39 is 28.0 Å². The summed E-state index contributed by atoms with van der Waals surface area (Å²) in [7, 11) is -3.94. The van der Waals surface area contributed by atoms with E-state index in [9.17, 15) is 18.0 Å². The van der Waals surface area contributed by atoms with Crippen LogP contribution in [0, 0.1) is 0 Å². The number of hydrogen-bond donors (Lipinski definition) is 2. The molecule has 2 rings (SSSR count). The van der Waals surface area contributed by atoms with E-state index in [0.29, 0.717) is 6.61 Å². The first-order valence-corrected chi connectivity index (χ1v) is 9.48. The van der Waals surface area contributed by atoms with Gasteiger partial charge < -0.3 is 15.2 Å². The fourth-order valence-corrected chi connectivity index (χ4v) is 3.80. The van der Waals surface area contributed by atoms with Crippen molar-refractivity contribution in [3.63, 3.8) is 0 Å². The van der Waals surface area contributed by atoms with Gasteiger partial charge in [-0.25, -0.2) is 17.9 Å². The summed E-state index contributed by atoms with van der Waals surface area (Å²) in [5.74, 6) is -1.69. The van der Waals surface area contributed by atoms with E-state index in [2.05, 4.69) is 4.72 Å². The molecule has 25 heavy (non-hydrogen) atoms. The average molecular weight is 391 g/mol. The minimum Gasteiger partial charge on any atom is -0.449 e. The number of halogens is 1. The van der Waals surface area contributed by atoms with Gasteiger partial charge in [-0.2, -0.15) is 0 Å². The second kappa shape index (κ2) is 8.13. The maximum atomic E-state index is 12.4. The zero-order valence-electron chi connectivity index (χ0n) is 13.5. The van der Waals surface area contributed by atoms with Crippen molar-refractivity contribution in [3.05, 3.63) is 28.8 Å². The van der Waals surface area contributed by atoms with Crippen molar-refractivity contribution in [2.24, 2.45) is 5.73 Å². The van der Waals surface area contributed by atoms with Gasteiger partial charge >= 0.3 is 5.97 Å². The molecule has 0 saturated carbocycles. The Bertz CT molecular complexity index is 761. The quantitative estimate of drug-likeness (QED) is 0.664. The molecular formula is C15H19ClN2O6S. The summed E-state index contributed by atoms with van der Waals surface area (Å²) in [4.78, 5) is 22.7. The van der Waals surface area contributed by atoms with Gasteiger partial charge in [-0.15, -0.1) is 0 Å². The predicted molar refractivity (Wildman–Crippen MR) is 89.7 cm³/mol. The lowest BCUT2D eigenvalue weighted by molar-refractivity contribution is -0.125. The molecule has 0 aliphatic carbocycles. The number of nitrogens with two attached hydrogens (primary N) is 1. The first-order valence-electron chi connectivity index (χ1n) is 7.62. The van der Waals surface area contributed by atoms with Gasteiger partial charge in [0.25, 0.3) is 5.91 Å². The number of benzene rings is 1. The topological polar surface area (TPSA) is 125 Å². The molecule has 0 spiro atoms. The molecular weight excluding hydrogens is 372 g/mol. The third-order valence-corrected chi connectivity index (χ3v) is 5.57. The fourth-order valence-electron chi connectivity index (χ4n) is 2.21. The molecule has 8 nitrogen and oxygen atoms in total. The van der Waals surface area contributed by atoms with Crippen molar-refractivity contribution in [3.8, 4) is 0 Å². The minimum absolute atomic E-state index is 0.0423. The van der Waals surface area contributed by atoms with Gasteiger partial charge in [-0.1, -0.05) is 11.6 Å². The lowest BCUT2D eigenvalue weighted by atomic mass is 10.2. The summed E-state index contributed by atoms with van der Waals surface area (Å²) in [6.45, 7) is 2.04. The van der Waals surface area contributed by atoms with Gasteiger partial charge in [0.05, 0.1) is 16.7 Å². The Morgan fingerprint density at radius 3 is 2.80 bits per heavy atom. The first kappa shape index (κ1) is 19.6. The molecule has 1 aromatic carbocycles. The molecule has 1 aromatic rings. The molecule has 0 radical (unpaired) electrons. The number of amides is 1. The van der Waals surface area contributed by atoms with E-state index in [1.807, 2.05) is 0 Å². The van der Waals surface area contributed by atoms with Crippen LogP contribution >= 0.6 is 11.6 Å². The van der Waals surface area contributed by atoms with Crippen LogP contribution in [0.1, 0.15) is 30.1 Å². The van der Waals surface area contributed by atoms with E-state index >= 15 is 0 Å². The summed E-state index contributed by atoms with van der Waals surface area (Å²) in [6, 6.07) is 3.67. The van der Waals surface area contributed by atoms with Crippen LogP contribution in [-0.2, 0) is 24.3 Å². The maximum absolute atomic E-state index is 12.4. The van der Waals surface area contributed by atoms with E-state index in [1.165, 1.54) is 19.1 Å². The summed E-state index contributed by atoms with van der Waals surface area (Å²) < 4.78 is 37.5. The number of carbonyl (C=O) groups is 2. The lowest BCUT2D eigenvalue weighted by Crippen LogP contribution is -2.32. The largest absolute Gasteiger partial charge is 0.449 e. The van der Waals surface area contributed by atoms with Crippen LogP contribution in [0.15, 0.2) is 23.1 Å². The van der Waals surface area contributed by atoms with Crippen LogP contribution in [-0.4, -0.2) is 45.7 Å². The summed E-state index contributed by atoms with van der Waals surface area (Å²) in [5, 5.41) is -0.0423. The predicted octanol–water partition coefficient (Wildman–Crippen LogP) is 0.828. The van der Waals surface area contributed by atoms with E-state index in [4.69, 9.17) is 26.8 Å². The van der Waals surface area contributed by atoms with Gasteiger partial charge in [0.15, 0.2) is 6.10 Å². The average Bonchev–Trinajstić information content (AvgIpc) is 3.06. The Kier molecular flexibility index (Phi) is 6.39. The number of rotatable bonds is 7. The van der Waals surface area contributed by atoms with E-state index in [-0.39, 0.29) is 28.1 Å². The zero-order chi connectivity index (χ0) is 18.6. The molecule has 138 valence electrons. The Morgan fingerprint density at radius 2 is 2.20 bits per heavy atom. The lowest BCUT2D eigenvalue weighted by Gasteiger charge is -2.14. The van der Waals surface area contributed by atoms with Crippen LogP contribution < -0.4 is 10.5 Å². The molecule has 0 aromatic heterocycles. The van der Waals surface area contributed by atoms with Crippen molar-refractivity contribution in [1.82, 2.24) is 4.72 Å². The fraction of sp³-hybridized carbons (Fsp3) is 0.467. The second-order valence-corrected chi connectivity index (χ2v) is 7.72. The number of ether oxygens (including phenoxy) is 2. The number of carbonyl (C=O) groups excluding carboxylic acids is 2. The minimum atomic E-state index is -3.94. The maximum Gasteiger partial charge on any atom is 0.338 e. The Morgan fingerprint density at radius 1 is 1.48 bits per heavy atom. The molecule has 1 aliphatic heterocycles. The highest BCUT2D eigenvalue weighted by Crippen LogP contribution is 2.23. The normalized spacial score (nSPS) is 18.7. The summed E-state index contributed by atoms with van der Waals surface area (Å²) >= 11 is 5.96. The van der Waals surface area contributed by atoms with Gasteiger partial charge in [0, 0.05) is 13.2 Å². The van der Waals surface area contributed by atoms with Crippen LogP contribution in [0.2, 0.25) is 5.02 Å². The van der Waals surface area contributed by atoms with Gasteiger partial charge in [0.1, 0.15) is 4.90 Å². The third-order valence-electron chi connectivity index (χ3n) is 3.67. The van der Waals surface area contributed by atoms with Crippen molar-refractivity contribution in [2.45, 2.75) is 36.9 Å². The zero-order valence-corrected chi connectivity index (χ0v) is 15.1. The molecule has 1 saturated heterocycles. The molecule has 10 heteroatoms. The smallest absolute Gasteiger partial charge is 0.338 e. The van der Waals surface area contributed by atoms with E-state index in [1.54, 1.807) is 0 Å². The molecule has 1 amide bonds. The third kappa shape index (κ3) is 5.15. The highest BCUT2D eigenvalue weighted by atomic mass is 35.5. The SMILES string of the molecule is C[C@H](OC(=O)c1ccc(Cl)c(S(=O)(=O)NC[C@@H]2CCCO2)c1)C(N)=O. The number of sulfonamides is 1. The monoisotopic (exact) mass is 390 g/mol. The summed E-state index contributed by atoms with van der Waals surface area (Å²) in [6.07, 6.45) is 0.333.